The first kappa shape index (κ1) is 15.8. The third-order valence-corrected chi connectivity index (χ3v) is 3.78. The number of urea groups is 1. The molecule has 110 valence electrons. The van der Waals surface area contributed by atoms with E-state index < -0.39 is 12.0 Å². The van der Waals surface area contributed by atoms with E-state index >= 15 is 0 Å². The molecular weight excluding hydrogens is 244 g/mol. The van der Waals surface area contributed by atoms with Crippen molar-refractivity contribution in [1.29, 1.82) is 0 Å². The number of hydrogen-bond donors (Lipinski definition) is 2. The molecule has 0 aromatic carbocycles. The van der Waals surface area contributed by atoms with Gasteiger partial charge in [0.2, 0.25) is 0 Å². The van der Waals surface area contributed by atoms with Crippen LogP contribution in [0.15, 0.2) is 0 Å². The van der Waals surface area contributed by atoms with Crippen LogP contribution in [0.3, 0.4) is 0 Å². The molecule has 1 rings (SSSR count). The molecule has 2 amide bonds. The van der Waals surface area contributed by atoms with Crippen LogP contribution in [0, 0.1) is 0 Å². The maximum absolute atomic E-state index is 12.3. The van der Waals surface area contributed by atoms with Gasteiger partial charge in [0.05, 0.1) is 0 Å². The zero-order valence-electron chi connectivity index (χ0n) is 12.0. The van der Waals surface area contributed by atoms with E-state index in [0.29, 0.717) is 6.42 Å². The Kier molecular flexibility index (Phi) is 6.67. The van der Waals surface area contributed by atoms with Crippen LogP contribution in [-0.4, -0.2) is 40.6 Å². The normalized spacial score (nSPS) is 21.6. The first-order valence-corrected chi connectivity index (χ1v) is 7.40. The number of carbonyl (C=O) groups excluding carboxylic acids is 1. The summed E-state index contributed by atoms with van der Waals surface area (Å²) in [7, 11) is 0. The van der Waals surface area contributed by atoms with Gasteiger partial charge in [-0.3, -0.25) is 0 Å². The van der Waals surface area contributed by atoms with Crippen LogP contribution in [0.1, 0.15) is 58.8 Å². The van der Waals surface area contributed by atoms with Gasteiger partial charge in [0.25, 0.3) is 0 Å². The molecule has 0 aliphatic carbocycles. The van der Waals surface area contributed by atoms with E-state index in [4.69, 9.17) is 5.11 Å². The summed E-state index contributed by atoms with van der Waals surface area (Å²) >= 11 is 0. The van der Waals surface area contributed by atoms with Crippen LogP contribution >= 0.6 is 0 Å². The topological polar surface area (TPSA) is 69.6 Å². The number of amides is 2. The molecule has 0 radical (unpaired) electrons. The van der Waals surface area contributed by atoms with Gasteiger partial charge in [-0.2, -0.15) is 0 Å². The fraction of sp³-hybridized carbons (Fsp3) is 0.857. The lowest BCUT2D eigenvalue weighted by Crippen LogP contribution is -2.51. The highest BCUT2D eigenvalue weighted by Crippen LogP contribution is 2.19. The number of aliphatic carboxylic acids is 1. The number of nitrogens with zero attached hydrogens (tertiary/aromatic N) is 1. The Labute approximate surface area is 115 Å². The van der Waals surface area contributed by atoms with Crippen LogP contribution < -0.4 is 5.32 Å². The van der Waals surface area contributed by atoms with Crippen molar-refractivity contribution >= 4 is 12.0 Å². The minimum atomic E-state index is -0.946. The Morgan fingerprint density at radius 3 is 2.63 bits per heavy atom. The molecule has 1 heterocycles. The summed E-state index contributed by atoms with van der Waals surface area (Å²) in [6.07, 6.45) is 6.49. The van der Waals surface area contributed by atoms with Gasteiger partial charge in [-0.1, -0.05) is 33.1 Å². The SMILES string of the molecule is CCC[C@H](NC(=O)N1CCCCCC1CC)C(=O)O. The molecule has 5 heteroatoms. The van der Waals surface area contributed by atoms with E-state index in [0.717, 1.165) is 45.1 Å². The van der Waals surface area contributed by atoms with Crippen molar-refractivity contribution in [3.05, 3.63) is 0 Å². The molecule has 19 heavy (non-hydrogen) atoms. The van der Waals surface area contributed by atoms with Crippen molar-refractivity contribution in [2.24, 2.45) is 0 Å². The largest absolute Gasteiger partial charge is 0.480 e. The molecule has 0 spiro atoms. The van der Waals surface area contributed by atoms with Gasteiger partial charge in [0.15, 0.2) is 0 Å². The van der Waals surface area contributed by atoms with Gasteiger partial charge in [-0.05, 0) is 25.7 Å². The third kappa shape index (κ3) is 4.73. The van der Waals surface area contributed by atoms with Crippen molar-refractivity contribution < 1.29 is 14.7 Å². The van der Waals surface area contributed by atoms with Gasteiger partial charge >= 0.3 is 12.0 Å². The smallest absolute Gasteiger partial charge is 0.326 e. The second-order valence-corrected chi connectivity index (χ2v) is 5.23. The predicted octanol–water partition coefficient (Wildman–Crippen LogP) is 2.60. The van der Waals surface area contributed by atoms with Gasteiger partial charge in [-0.15, -0.1) is 0 Å². The summed E-state index contributed by atoms with van der Waals surface area (Å²) in [5, 5.41) is 11.8. The lowest BCUT2D eigenvalue weighted by molar-refractivity contribution is -0.139. The number of hydrogen-bond acceptors (Lipinski definition) is 2. The predicted molar refractivity (Wildman–Crippen MR) is 74.1 cm³/mol. The first-order valence-electron chi connectivity index (χ1n) is 7.40. The summed E-state index contributed by atoms with van der Waals surface area (Å²) in [5.74, 6) is -0.946. The van der Waals surface area contributed by atoms with Gasteiger partial charge in [0, 0.05) is 12.6 Å². The van der Waals surface area contributed by atoms with Crippen LogP contribution in [0.25, 0.3) is 0 Å². The van der Waals surface area contributed by atoms with E-state index in [1.54, 1.807) is 0 Å². The molecule has 0 aromatic rings. The first-order chi connectivity index (χ1) is 9.10. The summed E-state index contributed by atoms with van der Waals surface area (Å²) in [5.41, 5.74) is 0. The van der Waals surface area contributed by atoms with Crippen molar-refractivity contribution in [2.75, 3.05) is 6.54 Å². The van der Waals surface area contributed by atoms with Gasteiger partial charge in [0.1, 0.15) is 6.04 Å². The Morgan fingerprint density at radius 1 is 1.32 bits per heavy atom. The lowest BCUT2D eigenvalue weighted by Gasteiger charge is -2.30. The Hall–Kier alpha value is -1.26. The molecular formula is C14H26N2O3. The highest BCUT2D eigenvalue weighted by atomic mass is 16.4. The lowest BCUT2D eigenvalue weighted by atomic mass is 10.1. The molecule has 0 saturated carbocycles. The van der Waals surface area contributed by atoms with E-state index in [2.05, 4.69) is 12.2 Å². The fourth-order valence-electron chi connectivity index (χ4n) is 2.65. The number of likely N-dealkylation sites (tertiary alicyclic amines) is 1. The van der Waals surface area contributed by atoms with E-state index in [-0.39, 0.29) is 12.1 Å². The Bertz CT molecular complexity index is 307. The van der Waals surface area contributed by atoms with E-state index in [1.165, 1.54) is 0 Å². The maximum atomic E-state index is 12.3. The average molecular weight is 270 g/mol. The Balaban J connectivity index is 2.64. The highest BCUT2D eigenvalue weighted by Gasteiger charge is 2.27. The monoisotopic (exact) mass is 270 g/mol. The van der Waals surface area contributed by atoms with Gasteiger partial charge in [-0.25, -0.2) is 9.59 Å². The minimum Gasteiger partial charge on any atom is -0.480 e. The molecule has 0 bridgehead atoms. The van der Waals surface area contributed by atoms with Crippen LogP contribution in [0.4, 0.5) is 4.79 Å². The standard InChI is InChI=1S/C14H26N2O3/c1-3-8-12(13(17)18)15-14(19)16-10-7-5-6-9-11(16)4-2/h11-12H,3-10H2,1-2H3,(H,15,19)(H,17,18)/t11?,12-/m0/s1. The average Bonchev–Trinajstić information content (AvgIpc) is 2.62. The summed E-state index contributed by atoms with van der Waals surface area (Å²) < 4.78 is 0. The molecule has 2 N–H and O–H groups in total. The summed E-state index contributed by atoms with van der Waals surface area (Å²) in [6, 6.07) is -0.730. The fourth-order valence-corrected chi connectivity index (χ4v) is 2.65. The van der Waals surface area contributed by atoms with Crippen molar-refractivity contribution in [2.45, 2.75) is 70.9 Å². The molecule has 1 unspecified atom stereocenters. The van der Waals surface area contributed by atoms with E-state index in [9.17, 15) is 9.59 Å². The van der Waals surface area contributed by atoms with Crippen molar-refractivity contribution in [1.82, 2.24) is 10.2 Å². The van der Waals surface area contributed by atoms with Crippen LogP contribution in [0.5, 0.6) is 0 Å². The number of carboxylic acid groups (broad SMARTS) is 1. The van der Waals surface area contributed by atoms with Crippen molar-refractivity contribution in [3.8, 4) is 0 Å². The van der Waals surface area contributed by atoms with Gasteiger partial charge < -0.3 is 15.3 Å². The Morgan fingerprint density at radius 2 is 2.05 bits per heavy atom. The summed E-state index contributed by atoms with van der Waals surface area (Å²) in [4.78, 5) is 25.2. The number of carboxylic acids is 1. The van der Waals surface area contributed by atoms with E-state index in [1.807, 2.05) is 11.8 Å². The third-order valence-electron chi connectivity index (χ3n) is 3.78. The van der Waals surface area contributed by atoms with Crippen molar-refractivity contribution in [3.63, 3.8) is 0 Å². The quantitative estimate of drug-likeness (QED) is 0.806. The number of rotatable bonds is 5. The van der Waals surface area contributed by atoms with Crippen LogP contribution in [0.2, 0.25) is 0 Å². The number of carbonyl (C=O) groups is 2. The second-order valence-electron chi connectivity index (χ2n) is 5.23. The maximum Gasteiger partial charge on any atom is 0.326 e. The molecule has 5 nitrogen and oxygen atoms in total. The zero-order valence-corrected chi connectivity index (χ0v) is 12.0. The second kappa shape index (κ2) is 8.02. The molecule has 1 aliphatic heterocycles. The highest BCUT2D eigenvalue weighted by molar-refractivity contribution is 5.82. The molecule has 1 saturated heterocycles. The molecule has 0 aromatic heterocycles. The molecule has 2 atom stereocenters. The zero-order chi connectivity index (χ0) is 14.3. The molecule has 1 fully saturated rings. The molecule has 1 aliphatic rings. The minimum absolute atomic E-state index is 0.213. The van der Waals surface area contributed by atoms with Crippen LogP contribution in [-0.2, 0) is 4.79 Å². The number of nitrogens with one attached hydrogen (secondary N) is 1. The summed E-state index contributed by atoms with van der Waals surface area (Å²) in [6.45, 7) is 4.74.